The molecule has 1 unspecified atom stereocenters. The molecule has 0 aliphatic rings. The fourth-order valence-corrected chi connectivity index (χ4v) is 4.27. The van der Waals surface area contributed by atoms with Gasteiger partial charge in [0, 0.05) is 19.1 Å². The Kier molecular flexibility index (Phi) is 7.35. The smallest absolute Gasteiger partial charge is 0.218 e. The van der Waals surface area contributed by atoms with E-state index in [-0.39, 0.29) is 11.8 Å². The summed E-state index contributed by atoms with van der Waals surface area (Å²) in [5, 5.41) is 0. The minimum absolute atomic E-state index is 0.0339. The molecule has 0 aliphatic heterocycles. The van der Waals surface area contributed by atoms with Gasteiger partial charge in [-0.1, -0.05) is 44.5 Å². The highest BCUT2D eigenvalue weighted by atomic mass is 32.2. The second-order valence-corrected chi connectivity index (χ2v) is 7.37. The first kappa shape index (κ1) is 18.1. The lowest BCUT2D eigenvalue weighted by Crippen LogP contribution is -2.39. The third-order valence-electron chi connectivity index (χ3n) is 3.85. The van der Waals surface area contributed by atoms with E-state index in [0.717, 1.165) is 30.4 Å². The van der Waals surface area contributed by atoms with Crippen molar-refractivity contribution in [1.82, 2.24) is 4.31 Å². The molecule has 1 atom stereocenters. The van der Waals surface area contributed by atoms with Gasteiger partial charge in [0.25, 0.3) is 0 Å². The first-order valence-electron chi connectivity index (χ1n) is 7.72. The molecule has 0 aromatic heterocycles. The van der Waals surface area contributed by atoms with Crippen LogP contribution in [0.15, 0.2) is 24.3 Å². The summed E-state index contributed by atoms with van der Waals surface area (Å²) in [5.74, 6) is 0.0361. The molecule has 0 aliphatic carbocycles. The van der Waals surface area contributed by atoms with Crippen LogP contribution in [0.3, 0.4) is 0 Å². The molecule has 120 valence electrons. The lowest BCUT2D eigenvalue weighted by Gasteiger charge is -2.28. The Hall–Kier alpha value is -0.910. The summed E-state index contributed by atoms with van der Waals surface area (Å²) < 4.78 is 27.2. The molecule has 0 saturated heterocycles. The van der Waals surface area contributed by atoms with Crippen LogP contribution in [0.25, 0.3) is 0 Å². The number of hydrogen-bond acceptors (Lipinski definition) is 3. The van der Waals surface area contributed by atoms with E-state index >= 15 is 0 Å². The largest absolute Gasteiger partial charge is 0.326 e. The zero-order valence-electron chi connectivity index (χ0n) is 13.4. The quantitative estimate of drug-likeness (QED) is 0.762. The standard InChI is InChI=1S/C16H28N2O2S/c1-4-6-11-18(14(3)5-2)21(19,20)13-16-10-8-7-9-15(16)12-17/h7-10,14H,4-6,11-13,17H2,1-3H3. The minimum atomic E-state index is -3.31. The lowest BCUT2D eigenvalue weighted by molar-refractivity contribution is 0.324. The molecular weight excluding hydrogens is 284 g/mol. The molecule has 21 heavy (non-hydrogen) atoms. The SMILES string of the molecule is CCCCN(C(C)CC)S(=O)(=O)Cc1ccccc1CN. The molecular formula is C16H28N2O2S. The van der Waals surface area contributed by atoms with Gasteiger partial charge in [-0.3, -0.25) is 0 Å². The average molecular weight is 312 g/mol. The number of sulfonamides is 1. The number of benzene rings is 1. The van der Waals surface area contributed by atoms with Crippen LogP contribution in [-0.4, -0.2) is 25.3 Å². The number of hydrogen-bond donors (Lipinski definition) is 1. The van der Waals surface area contributed by atoms with E-state index in [1.54, 1.807) is 4.31 Å². The maximum absolute atomic E-state index is 12.8. The Balaban J connectivity index is 3.00. The van der Waals surface area contributed by atoms with Gasteiger partial charge in [-0.25, -0.2) is 8.42 Å². The zero-order chi connectivity index (χ0) is 15.9. The number of nitrogens with zero attached hydrogens (tertiary/aromatic N) is 1. The van der Waals surface area contributed by atoms with Gasteiger partial charge >= 0.3 is 0 Å². The highest BCUT2D eigenvalue weighted by molar-refractivity contribution is 7.88. The van der Waals surface area contributed by atoms with E-state index in [1.807, 2.05) is 38.1 Å². The summed E-state index contributed by atoms with van der Waals surface area (Å²) >= 11 is 0. The summed E-state index contributed by atoms with van der Waals surface area (Å²) in [5.41, 5.74) is 7.42. The fourth-order valence-electron chi connectivity index (χ4n) is 2.33. The van der Waals surface area contributed by atoms with Crippen molar-refractivity contribution in [2.75, 3.05) is 6.54 Å². The Morgan fingerprint density at radius 2 is 1.81 bits per heavy atom. The van der Waals surface area contributed by atoms with E-state index in [0.29, 0.717) is 13.1 Å². The third kappa shape index (κ3) is 5.09. The van der Waals surface area contributed by atoms with Gasteiger partial charge in [-0.05, 0) is 30.9 Å². The van der Waals surface area contributed by atoms with Crippen molar-refractivity contribution >= 4 is 10.0 Å². The first-order valence-corrected chi connectivity index (χ1v) is 9.33. The molecule has 0 amide bonds. The molecule has 5 heteroatoms. The molecule has 0 heterocycles. The zero-order valence-corrected chi connectivity index (χ0v) is 14.2. The molecule has 0 saturated carbocycles. The average Bonchev–Trinajstić information content (AvgIpc) is 2.47. The van der Waals surface area contributed by atoms with Crippen molar-refractivity contribution in [1.29, 1.82) is 0 Å². The predicted molar refractivity (Wildman–Crippen MR) is 88.3 cm³/mol. The fraction of sp³-hybridized carbons (Fsp3) is 0.625. The van der Waals surface area contributed by atoms with Crippen LogP contribution in [0, 0.1) is 0 Å². The van der Waals surface area contributed by atoms with E-state index in [4.69, 9.17) is 5.73 Å². The van der Waals surface area contributed by atoms with Crippen molar-refractivity contribution < 1.29 is 8.42 Å². The topological polar surface area (TPSA) is 63.4 Å². The van der Waals surface area contributed by atoms with Crippen molar-refractivity contribution in [3.8, 4) is 0 Å². The Morgan fingerprint density at radius 1 is 1.19 bits per heavy atom. The first-order chi connectivity index (χ1) is 9.96. The van der Waals surface area contributed by atoms with Crippen LogP contribution in [0.1, 0.15) is 51.2 Å². The minimum Gasteiger partial charge on any atom is -0.326 e. The Labute approximate surface area is 129 Å². The highest BCUT2D eigenvalue weighted by Gasteiger charge is 2.26. The Bertz CT molecular complexity index is 529. The molecule has 2 N–H and O–H groups in total. The van der Waals surface area contributed by atoms with Crippen molar-refractivity contribution in [3.63, 3.8) is 0 Å². The molecule has 1 aromatic carbocycles. The third-order valence-corrected chi connectivity index (χ3v) is 5.78. The molecule has 0 spiro atoms. The van der Waals surface area contributed by atoms with Crippen LogP contribution in [0.2, 0.25) is 0 Å². The maximum Gasteiger partial charge on any atom is 0.218 e. The van der Waals surface area contributed by atoms with Crippen LogP contribution in [0.4, 0.5) is 0 Å². The monoisotopic (exact) mass is 312 g/mol. The molecule has 0 fully saturated rings. The van der Waals surface area contributed by atoms with E-state index in [1.165, 1.54) is 0 Å². The van der Waals surface area contributed by atoms with Crippen molar-refractivity contribution in [2.45, 2.75) is 58.4 Å². The molecule has 0 radical (unpaired) electrons. The number of unbranched alkanes of at least 4 members (excludes halogenated alkanes) is 1. The number of rotatable bonds is 9. The summed E-state index contributed by atoms with van der Waals surface area (Å²) in [4.78, 5) is 0. The van der Waals surface area contributed by atoms with Gasteiger partial charge < -0.3 is 5.73 Å². The summed E-state index contributed by atoms with van der Waals surface area (Å²) in [6.45, 7) is 7.03. The number of nitrogens with two attached hydrogens (primary N) is 1. The molecule has 4 nitrogen and oxygen atoms in total. The van der Waals surface area contributed by atoms with Gasteiger partial charge in [0.1, 0.15) is 0 Å². The van der Waals surface area contributed by atoms with Gasteiger partial charge in [0.05, 0.1) is 5.75 Å². The van der Waals surface area contributed by atoms with Crippen LogP contribution >= 0.6 is 0 Å². The summed E-state index contributed by atoms with van der Waals surface area (Å²) in [6, 6.07) is 7.54. The maximum atomic E-state index is 12.8. The van der Waals surface area contributed by atoms with Crippen LogP contribution < -0.4 is 5.73 Å². The second-order valence-electron chi connectivity index (χ2n) is 5.45. The summed E-state index contributed by atoms with van der Waals surface area (Å²) in [7, 11) is -3.31. The van der Waals surface area contributed by atoms with Gasteiger partial charge in [0.2, 0.25) is 10.0 Å². The van der Waals surface area contributed by atoms with Crippen molar-refractivity contribution in [2.24, 2.45) is 5.73 Å². The van der Waals surface area contributed by atoms with Gasteiger partial charge in [-0.2, -0.15) is 4.31 Å². The molecule has 0 bridgehead atoms. The van der Waals surface area contributed by atoms with Gasteiger partial charge in [-0.15, -0.1) is 0 Å². The van der Waals surface area contributed by atoms with Gasteiger partial charge in [0.15, 0.2) is 0 Å². The normalized spacial score (nSPS) is 13.6. The van der Waals surface area contributed by atoms with E-state index in [9.17, 15) is 8.42 Å². The van der Waals surface area contributed by atoms with Crippen molar-refractivity contribution in [3.05, 3.63) is 35.4 Å². The molecule has 1 aromatic rings. The highest BCUT2D eigenvalue weighted by Crippen LogP contribution is 2.19. The van der Waals surface area contributed by atoms with E-state index in [2.05, 4.69) is 6.92 Å². The Morgan fingerprint density at radius 3 is 2.33 bits per heavy atom. The van der Waals surface area contributed by atoms with Crippen LogP contribution in [-0.2, 0) is 22.3 Å². The summed E-state index contributed by atoms with van der Waals surface area (Å²) in [6.07, 6.45) is 2.70. The van der Waals surface area contributed by atoms with E-state index < -0.39 is 10.0 Å². The second kappa shape index (κ2) is 8.51. The lowest BCUT2D eigenvalue weighted by atomic mass is 10.1. The predicted octanol–water partition coefficient (Wildman–Crippen LogP) is 2.88. The van der Waals surface area contributed by atoms with Crippen LogP contribution in [0.5, 0.6) is 0 Å². The molecule has 1 rings (SSSR count).